The number of halogens is 1. The van der Waals surface area contributed by atoms with Gasteiger partial charge in [-0.25, -0.2) is 4.39 Å². The Morgan fingerprint density at radius 1 is 1.10 bits per heavy atom. The van der Waals surface area contributed by atoms with E-state index in [1.165, 1.54) is 6.07 Å². The van der Waals surface area contributed by atoms with Crippen LogP contribution in [-0.4, -0.2) is 20.3 Å². The van der Waals surface area contributed by atoms with Gasteiger partial charge in [-0.2, -0.15) is 0 Å². The highest BCUT2D eigenvalue weighted by atomic mass is 19.1. The van der Waals surface area contributed by atoms with Crippen LogP contribution in [0, 0.1) is 12.7 Å². The fraction of sp³-hybridized carbons (Fsp3) is 0.250. The van der Waals surface area contributed by atoms with E-state index in [0.717, 1.165) is 5.56 Å². The van der Waals surface area contributed by atoms with Gasteiger partial charge in [0.05, 0.1) is 12.8 Å². The van der Waals surface area contributed by atoms with E-state index in [9.17, 15) is 4.39 Å². The van der Waals surface area contributed by atoms with Gasteiger partial charge in [0.2, 0.25) is 0 Å². The predicted molar refractivity (Wildman–Crippen MR) is 78.1 cm³/mol. The number of anilines is 1. The zero-order valence-corrected chi connectivity index (χ0v) is 11.7. The van der Waals surface area contributed by atoms with E-state index < -0.39 is 0 Å². The summed E-state index contributed by atoms with van der Waals surface area (Å²) >= 11 is 0. The Balaban J connectivity index is 1.84. The van der Waals surface area contributed by atoms with Crippen LogP contribution in [-0.2, 0) is 0 Å². The van der Waals surface area contributed by atoms with Gasteiger partial charge in [0, 0.05) is 6.54 Å². The number of para-hydroxylation sites is 2. The Morgan fingerprint density at radius 2 is 1.85 bits per heavy atom. The van der Waals surface area contributed by atoms with Gasteiger partial charge in [-0.05, 0) is 36.8 Å². The van der Waals surface area contributed by atoms with Gasteiger partial charge in [-0.1, -0.05) is 18.2 Å². The van der Waals surface area contributed by atoms with E-state index in [2.05, 4.69) is 5.32 Å². The van der Waals surface area contributed by atoms with Crippen LogP contribution in [0.5, 0.6) is 11.5 Å². The largest absolute Gasteiger partial charge is 0.493 e. The lowest BCUT2D eigenvalue weighted by molar-refractivity contribution is 0.305. The number of rotatable bonds is 6. The Hall–Kier alpha value is -2.23. The molecule has 0 aliphatic carbocycles. The number of methoxy groups -OCH3 is 1. The van der Waals surface area contributed by atoms with Crippen LogP contribution in [0.25, 0.3) is 0 Å². The lowest BCUT2D eigenvalue weighted by atomic mass is 10.2. The molecule has 2 aromatic rings. The lowest BCUT2D eigenvalue weighted by Gasteiger charge is -2.12. The molecule has 2 aromatic carbocycles. The van der Waals surface area contributed by atoms with E-state index in [4.69, 9.17) is 9.47 Å². The van der Waals surface area contributed by atoms with Crippen molar-refractivity contribution in [3.8, 4) is 11.5 Å². The van der Waals surface area contributed by atoms with Crippen molar-refractivity contribution in [3.63, 3.8) is 0 Å². The molecule has 20 heavy (non-hydrogen) atoms. The Morgan fingerprint density at radius 3 is 2.55 bits per heavy atom. The van der Waals surface area contributed by atoms with Crippen LogP contribution in [0.15, 0.2) is 42.5 Å². The summed E-state index contributed by atoms with van der Waals surface area (Å²) < 4.78 is 24.4. The van der Waals surface area contributed by atoms with Crippen LogP contribution in [0.3, 0.4) is 0 Å². The van der Waals surface area contributed by atoms with Crippen molar-refractivity contribution in [3.05, 3.63) is 53.8 Å². The monoisotopic (exact) mass is 275 g/mol. The second-order valence-electron chi connectivity index (χ2n) is 4.41. The lowest BCUT2D eigenvalue weighted by Crippen LogP contribution is -2.12. The highest BCUT2D eigenvalue weighted by Gasteiger charge is 2.03. The maximum atomic E-state index is 13.6. The molecule has 106 valence electrons. The molecule has 0 saturated heterocycles. The van der Waals surface area contributed by atoms with Crippen molar-refractivity contribution in [1.29, 1.82) is 0 Å². The molecule has 0 heterocycles. The SMILES string of the molecule is COc1ccccc1OCCNc1ccc(C)cc1F. The first-order chi connectivity index (χ1) is 9.70. The average Bonchev–Trinajstić information content (AvgIpc) is 2.46. The molecule has 1 N–H and O–H groups in total. The Bertz CT molecular complexity index is 572. The van der Waals surface area contributed by atoms with Gasteiger partial charge in [0.15, 0.2) is 11.5 Å². The topological polar surface area (TPSA) is 30.5 Å². The van der Waals surface area contributed by atoms with Crippen molar-refractivity contribution < 1.29 is 13.9 Å². The molecule has 0 amide bonds. The highest BCUT2D eigenvalue weighted by Crippen LogP contribution is 2.25. The molecule has 0 bridgehead atoms. The van der Waals surface area contributed by atoms with E-state index >= 15 is 0 Å². The van der Waals surface area contributed by atoms with E-state index in [1.807, 2.05) is 37.3 Å². The van der Waals surface area contributed by atoms with Crippen molar-refractivity contribution in [1.82, 2.24) is 0 Å². The molecule has 0 saturated carbocycles. The van der Waals surface area contributed by atoms with Gasteiger partial charge in [-0.3, -0.25) is 0 Å². The molecule has 0 radical (unpaired) electrons. The van der Waals surface area contributed by atoms with Gasteiger partial charge < -0.3 is 14.8 Å². The number of nitrogens with one attached hydrogen (secondary N) is 1. The van der Waals surface area contributed by atoms with Crippen LogP contribution < -0.4 is 14.8 Å². The quantitative estimate of drug-likeness (QED) is 0.817. The summed E-state index contributed by atoms with van der Waals surface area (Å²) in [6.07, 6.45) is 0. The minimum Gasteiger partial charge on any atom is -0.493 e. The third-order valence-electron chi connectivity index (χ3n) is 2.87. The first kappa shape index (κ1) is 14.2. The molecule has 3 nitrogen and oxygen atoms in total. The molecule has 2 rings (SSSR count). The summed E-state index contributed by atoms with van der Waals surface area (Å²) in [4.78, 5) is 0. The second kappa shape index (κ2) is 6.80. The second-order valence-corrected chi connectivity index (χ2v) is 4.41. The molecule has 0 unspecified atom stereocenters. The Labute approximate surface area is 118 Å². The molecular formula is C16H18FNO2. The summed E-state index contributed by atoms with van der Waals surface area (Å²) in [5, 5.41) is 3.01. The third kappa shape index (κ3) is 3.63. The number of benzene rings is 2. The summed E-state index contributed by atoms with van der Waals surface area (Å²) in [5.74, 6) is 1.12. The van der Waals surface area contributed by atoms with E-state index in [-0.39, 0.29) is 5.82 Å². The fourth-order valence-corrected chi connectivity index (χ4v) is 1.85. The van der Waals surface area contributed by atoms with Crippen LogP contribution in [0.2, 0.25) is 0 Å². The summed E-state index contributed by atoms with van der Waals surface area (Å²) in [7, 11) is 1.60. The van der Waals surface area contributed by atoms with Gasteiger partial charge in [-0.15, -0.1) is 0 Å². The zero-order valence-electron chi connectivity index (χ0n) is 11.7. The third-order valence-corrected chi connectivity index (χ3v) is 2.87. The molecular weight excluding hydrogens is 257 g/mol. The summed E-state index contributed by atoms with van der Waals surface area (Å²) in [5.41, 5.74) is 1.39. The van der Waals surface area contributed by atoms with Gasteiger partial charge in [0.25, 0.3) is 0 Å². The standard InChI is InChI=1S/C16H18FNO2/c1-12-7-8-14(13(17)11-12)18-9-10-20-16-6-4-3-5-15(16)19-2/h3-8,11,18H,9-10H2,1-2H3. The van der Waals surface area contributed by atoms with Crippen LogP contribution >= 0.6 is 0 Å². The molecule has 0 atom stereocenters. The summed E-state index contributed by atoms with van der Waals surface area (Å²) in [6.45, 7) is 2.80. The Kier molecular flexibility index (Phi) is 4.82. The average molecular weight is 275 g/mol. The normalized spacial score (nSPS) is 10.2. The molecule has 0 aromatic heterocycles. The van der Waals surface area contributed by atoms with Crippen molar-refractivity contribution in [2.75, 3.05) is 25.6 Å². The predicted octanol–water partition coefficient (Wildman–Crippen LogP) is 3.63. The molecule has 0 spiro atoms. The number of ether oxygens (including phenoxy) is 2. The van der Waals surface area contributed by atoms with Gasteiger partial charge in [0.1, 0.15) is 12.4 Å². The number of hydrogen-bond acceptors (Lipinski definition) is 3. The maximum absolute atomic E-state index is 13.6. The molecule has 0 aliphatic rings. The first-order valence-electron chi connectivity index (χ1n) is 6.46. The molecule has 0 aliphatic heterocycles. The minimum absolute atomic E-state index is 0.248. The first-order valence-corrected chi connectivity index (χ1v) is 6.46. The molecule has 4 heteroatoms. The number of hydrogen-bond donors (Lipinski definition) is 1. The van der Waals surface area contributed by atoms with Crippen molar-refractivity contribution in [2.24, 2.45) is 0 Å². The van der Waals surface area contributed by atoms with Crippen molar-refractivity contribution in [2.45, 2.75) is 6.92 Å². The number of aryl methyl sites for hydroxylation is 1. The van der Waals surface area contributed by atoms with E-state index in [1.54, 1.807) is 13.2 Å². The summed E-state index contributed by atoms with van der Waals surface area (Å²) in [6, 6.07) is 12.5. The minimum atomic E-state index is -0.248. The fourth-order valence-electron chi connectivity index (χ4n) is 1.85. The molecule has 0 fully saturated rings. The van der Waals surface area contributed by atoms with Gasteiger partial charge >= 0.3 is 0 Å². The van der Waals surface area contributed by atoms with E-state index in [0.29, 0.717) is 30.3 Å². The van der Waals surface area contributed by atoms with Crippen LogP contribution in [0.4, 0.5) is 10.1 Å². The zero-order chi connectivity index (χ0) is 14.4. The highest BCUT2D eigenvalue weighted by molar-refractivity contribution is 5.46. The van der Waals surface area contributed by atoms with Crippen molar-refractivity contribution >= 4 is 5.69 Å². The smallest absolute Gasteiger partial charge is 0.161 e. The maximum Gasteiger partial charge on any atom is 0.161 e. The van der Waals surface area contributed by atoms with Crippen LogP contribution in [0.1, 0.15) is 5.56 Å².